The quantitative estimate of drug-likeness (QED) is 0.0734. The van der Waals surface area contributed by atoms with Crippen LogP contribution in [0.5, 0.6) is 0 Å². The number of hydrogen-bond acceptors (Lipinski definition) is 17. The molecule has 1 aliphatic heterocycles. The van der Waals surface area contributed by atoms with Gasteiger partial charge < -0.3 is 46.4 Å². The minimum Gasteiger partial charge on any atom is -0.478 e. The van der Waals surface area contributed by atoms with E-state index in [1.165, 1.54) is 33.1 Å². The van der Waals surface area contributed by atoms with E-state index in [9.17, 15) is 14.7 Å². The van der Waals surface area contributed by atoms with E-state index in [1.54, 1.807) is 56.7 Å². The summed E-state index contributed by atoms with van der Waals surface area (Å²) in [5.41, 5.74) is 7.27. The van der Waals surface area contributed by atoms with Gasteiger partial charge in [0.15, 0.2) is 0 Å². The molecule has 1 aliphatic rings. The molecule has 0 radical (unpaired) electrons. The molecule has 61 heavy (non-hydrogen) atoms. The van der Waals surface area contributed by atoms with Gasteiger partial charge in [-0.25, -0.2) is 4.79 Å². The van der Waals surface area contributed by atoms with Crippen LogP contribution in [-0.2, 0) is 6.54 Å². The molecule has 2 unspecified atom stereocenters. The van der Waals surface area contributed by atoms with Crippen molar-refractivity contribution in [1.29, 1.82) is 0 Å². The van der Waals surface area contributed by atoms with E-state index < -0.39 is 24.8 Å². The molecule has 0 spiro atoms. The Morgan fingerprint density at radius 2 is 1.43 bits per heavy atom. The Bertz CT molecular complexity index is 2600. The van der Waals surface area contributed by atoms with E-state index >= 15 is 0 Å². The third-order valence-corrected chi connectivity index (χ3v) is 10.6. The molecule has 4 heterocycles. The second kappa shape index (κ2) is 21.1. The molecule has 18 nitrogen and oxygen atoms in total. The van der Waals surface area contributed by atoms with Crippen LogP contribution in [0.1, 0.15) is 31.8 Å². The topological polar surface area (TPSA) is 267 Å². The Morgan fingerprint density at radius 3 is 2.05 bits per heavy atom. The third-order valence-electron chi connectivity index (χ3n) is 8.84. The normalized spacial score (nSPS) is 12.4. The largest absolute Gasteiger partial charge is 0.478 e. The summed E-state index contributed by atoms with van der Waals surface area (Å²) in [5.74, 6) is -1.21. The summed E-state index contributed by atoms with van der Waals surface area (Å²) in [6.45, 7) is 0.673. The maximum atomic E-state index is 12.6. The average Bonchev–Trinajstić information content (AvgIpc) is 4.12. The molecular weight excluding hydrogens is 823 g/mol. The van der Waals surface area contributed by atoms with Crippen molar-refractivity contribution >= 4 is 73.3 Å². The Labute approximate surface area is 357 Å². The molecule has 2 atom stereocenters. The smallest absolute Gasteiger partial charge is 0.335 e. The first-order valence-electron chi connectivity index (χ1n) is 18.7. The number of carbonyl (C=O) groups is 2. The number of nitrogens with zero attached hydrogens (tertiary/aromatic N) is 7. The minimum absolute atomic E-state index is 0.0535. The van der Waals surface area contributed by atoms with Gasteiger partial charge in [-0.05, 0) is 72.8 Å². The number of nitrogens with one attached hydrogen (secondary N) is 4. The van der Waals surface area contributed by atoms with Crippen molar-refractivity contribution in [3.63, 3.8) is 0 Å². The molecule has 8 rings (SSSR count). The number of anilines is 4. The Balaban J connectivity index is 0.000000180. The number of aromatic carboxylic acids is 1. The highest BCUT2D eigenvalue weighted by Crippen LogP contribution is 2.31. The van der Waals surface area contributed by atoms with Crippen LogP contribution in [0.4, 0.5) is 21.6 Å². The second-order valence-corrected chi connectivity index (χ2v) is 15.5. The molecular formula is C41H43N11O7S2. The molecule has 316 valence electrons. The number of aliphatic hydroxyl groups is 4. The molecule has 20 heteroatoms. The Hall–Kier alpha value is -6.52. The van der Waals surface area contributed by atoms with Crippen LogP contribution in [0, 0.1) is 0 Å². The number of carboxylic acid groups (broad SMARTS) is 1. The fourth-order valence-electron chi connectivity index (χ4n) is 5.78. The standard InChI is InChI=1S/C21H21N5O3S.C16H11N5O2S.C4H11NO2/c1-26(11-18(28)12-27)20(29)14-4-2-3-13(7-14)19-24-25-21(30-19)23-17-6-5-15-9-22-10-16(15)8-17;22-15(23)10-3-1-2-9(6-10)14-20-21-16(24-14)18-12-4-5-13-11(7-12)8-17-19-13;1-5-2-4(7)3-6/h2-8,10,18,27-28H,9,11-12H2,1H3,(H,23,25);1-8H,(H,17,19)(H,18,21)(H,22,23);4-7H,2-3H2,1H3. The summed E-state index contributed by atoms with van der Waals surface area (Å²) in [6, 6.07) is 25.6. The monoisotopic (exact) mass is 865 g/mol. The summed E-state index contributed by atoms with van der Waals surface area (Å²) < 4.78 is 0. The molecule has 1 amide bonds. The lowest BCUT2D eigenvalue weighted by Gasteiger charge is -2.19. The summed E-state index contributed by atoms with van der Waals surface area (Å²) in [5, 5.41) is 80.7. The van der Waals surface area contributed by atoms with Crippen molar-refractivity contribution in [3.05, 3.63) is 113 Å². The number of carboxylic acids is 1. The zero-order valence-corrected chi connectivity index (χ0v) is 34.6. The maximum absolute atomic E-state index is 12.6. The maximum Gasteiger partial charge on any atom is 0.335 e. The SMILES string of the molecule is CN(CC(O)CO)C(=O)c1cccc(-c2nnc(Nc3ccc4c(c3)C=NC4)s2)c1.CNCC(O)CO.O=C(O)c1cccc(-c2nnc(Nc3ccc4[nH]ncc4c3)s2)c1. The Morgan fingerprint density at radius 1 is 0.803 bits per heavy atom. The number of fused-ring (bicyclic) bond motifs is 2. The van der Waals surface area contributed by atoms with Gasteiger partial charge in [0.1, 0.15) is 10.0 Å². The van der Waals surface area contributed by atoms with E-state index in [0.717, 1.165) is 45.5 Å². The third kappa shape index (κ3) is 12.0. The number of H-pyrrole nitrogens is 1. The minimum atomic E-state index is -0.968. The Kier molecular flexibility index (Phi) is 15.3. The number of benzene rings is 4. The van der Waals surface area contributed by atoms with Gasteiger partial charge >= 0.3 is 5.97 Å². The number of aromatic nitrogens is 6. The lowest BCUT2D eigenvalue weighted by molar-refractivity contribution is 0.0520. The summed E-state index contributed by atoms with van der Waals surface area (Å²) in [6.07, 6.45) is 2.04. The van der Waals surface area contributed by atoms with Crippen LogP contribution in [0.25, 0.3) is 32.0 Å². The number of aromatic amines is 1. The molecule has 9 N–H and O–H groups in total. The molecule has 0 saturated carbocycles. The van der Waals surface area contributed by atoms with Gasteiger partial charge in [0.25, 0.3) is 5.91 Å². The van der Waals surface area contributed by atoms with Crippen LogP contribution in [0.3, 0.4) is 0 Å². The first-order valence-corrected chi connectivity index (χ1v) is 20.4. The number of rotatable bonds is 14. The van der Waals surface area contributed by atoms with Crippen LogP contribution < -0.4 is 16.0 Å². The number of aliphatic hydroxyl groups excluding tert-OH is 4. The van der Waals surface area contributed by atoms with Crippen molar-refractivity contribution in [3.8, 4) is 21.1 Å². The first kappa shape index (κ1) is 44.0. The van der Waals surface area contributed by atoms with Crippen molar-refractivity contribution in [2.24, 2.45) is 4.99 Å². The zero-order chi connectivity index (χ0) is 43.3. The van der Waals surface area contributed by atoms with Gasteiger partial charge in [-0.15, -0.1) is 20.4 Å². The average molecular weight is 866 g/mol. The highest BCUT2D eigenvalue weighted by Gasteiger charge is 2.17. The molecule has 0 bridgehead atoms. The van der Waals surface area contributed by atoms with Crippen molar-refractivity contribution in [1.82, 2.24) is 40.8 Å². The van der Waals surface area contributed by atoms with E-state index in [4.69, 9.17) is 20.4 Å². The number of hydrogen-bond donors (Lipinski definition) is 9. The van der Waals surface area contributed by atoms with E-state index in [1.807, 2.05) is 54.7 Å². The number of amides is 1. The number of aliphatic imine (C=N–C) groups is 1. The van der Waals surface area contributed by atoms with Crippen LogP contribution >= 0.6 is 22.7 Å². The molecule has 4 aromatic carbocycles. The lowest BCUT2D eigenvalue weighted by Crippen LogP contribution is -2.35. The summed E-state index contributed by atoms with van der Waals surface area (Å²) in [4.78, 5) is 29.3. The molecule has 7 aromatic rings. The second-order valence-electron chi connectivity index (χ2n) is 13.5. The van der Waals surface area contributed by atoms with Gasteiger partial charge in [0.2, 0.25) is 10.3 Å². The number of likely N-dealkylation sites (N-methyl/N-ethyl adjacent to an activating group) is 2. The predicted octanol–water partition coefficient (Wildman–Crippen LogP) is 4.39. The fourth-order valence-corrected chi connectivity index (χ4v) is 7.30. The van der Waals surface area contributed by atoms with E-state index in [0.29, 0.717) is 32.4 Å². The van der Waals surface area contributed by atoms with Crippen LogP contribution in [0.2, 0.25) is 0 Å². The van der Waals surface area contributed by atoms with E-state index in [-0.39, 0.29) is 24.6 Å². The molecule has 0 fully saturated rings. The van der Waals surface area contributed by atoms with Gasteiger partial charge in [0, 0.05) is 59.8 Å². The van der Waals surface area contributed by atoms with Crippen molar-refractivity contribution in [2.45, 2.75) is 18.8 Å². The molecule has 3 aromatic heterocycles. The molecule has 0 saturated heterocycles. The predicted molar refractivity (Wildman–Crippen MR) is 235 cm³/mol. The van der Waals surface area contributed by atoms with Gasteiger partial charge in [0.05, 0.1) is 49.2 Å². The zero-order valence-electron chi connectivity index (χ0n) is 32.9. The fraction of sp³-hybridized carbons (Fsp3) is 0.220. The van der Waals surface area contributed by atoms with Crippen LogP contribution in [-0.4, -0.2) is 132 Å². The van der Waals surface area contributed by atoms with Crippen LogP contribution in [0.15, 0.2) is 96.1 Å². The number of carbonyl (C=O) groups excluding carboxylic acids is 1. The first-order chi connectivity index (χ1) is 29.5. The van der Waals surface area contributed by atoms with E-state index in [2.05, 4.69) is 51.5 Å². The van der Waals surface area contributed by atoms with Crippen molar-refractivity contribution < 1.29 is 35.1 Å². The van der Waals surface area contributed by atoms with Gasteiger partial charge in [-0.1, -0.05) is 53.0 Å². The molecule has 0 aliphatic carbocycles. The highest BCUT2D eigenvalue weighted by atomic mass is 32.1. The van der Waals surface area contributed by atoms with Gasteiger partial charge in [-0.3, -0.25) is 14.9 Å². The van der Waals surface area contributed by atoms with Crippen molar-refractivity contribution in [2.75, 3.05) is 51.0 Å². The summed E-state index contributed by atoms with van der Waals surface area (Å²) in [7, 11) is 3.31. The highest BCUT2D eigenvalue weighted by molar-refractivity contribution is 7.18. The van der Waals surface area contributed by atoms with Gasteiger partial charge in [-0.2, -0.15) is 5.10 Å². The lowest BCUT2D eigenvalue weighted by atomic mass is 10.1. The summed E-state index contributed by atoms with van der Waals surface area (Å²) >= 11 is 2.75.